The number of rotatable bonds is 5. The highest BCUT2D eigenvalue weighted by molar-refractivity contribution is 14.1. The highest BCUT2D eigenvalue weighted by Crippen LogP contribution is 2.43. The number of nitrogens with two attached hydrogens (primary N) is 1. The minimum absolute atomic E-state index is 0.152. The van der Waals surface area contributed by atoms with Gasteiger partial charge in [0, 0.05) is 47.4 Å². The maximum atomic E-state index is 12.7. The molecule has 0 saturated heterocycles. The smallest absolute Gasteiger partial charge is 0.208 e. The number of nitrogen functional groups attached to an aromatic ring is 1. The van der Waals surface area contributed by atoms with Crippen LogP contribution in [0.1, 0.15) is 24.1 Å². The van der Waals surface area contributed by atoms with E-state index in [2.05, 4.69) is 20.3 Å². The fourth-order valence-electron chi connectivity index (χ4n) is 3.74. The quantitative estimate of drug-likeness (QED) is 0.260. The lowest BCUT2D eigenvalue weighted by atomic mass is 9.94. The van der Waals surface area contributed by atoms with Crippen molar-refractivity contribution in [2.75, 3.05) is 19.9 Å². The average molecular weight is 607 g/mol. The van der Waals surface area contributed by atoms with Gasteiger partial charge < -0.3 is 20.4 Å². The fraction of sp³-hybridized carbons (Fsp3) is 0.208. The summed E-state index contributed by atoms with van der Waals surface area (Å²) < 4.78 is 8.29. The summed E-state index contributed by atoms with van der Waals surface area (Å²) in [6.07, 6.45) is 7.24. The van der Waals surface area contributed by atoms with E-state index < -0.39 is 0 Å². The van der Waals surface area contributed by atoms with Gasteiger partial charge in [0.05, 0.1) is 16.7 Å². The molecule has 1 amide bonds. The van der Waals surface area contributed by atoms with Gasteiger partial charge >= 0.3 is 0 Å². The number of halogens is 2. The first-order valence-electron chi connectivity index (χ1n) is 10.5. The van der Waals surface area contributed by atoms with Gasteiger partial charge in [0.25, 0.3) is 0 Å². The Balaban J connectivity index is 0.000000795. The van der Waals surface area contributed by atoms with Crippen molar-refractivity contribution in [3.63, 3.8) is 0 Å². The SMILES string of the molecule is CNC=O.COc1c(C(C)n2cc(I)c(=O)c3c(N)ncnc32)cc(Cl)c(C)c1-c1cccnc1. The molecular weight excluding hydrogens is 583 g/mol. The molecule has 0 aliphatic heterocycles. The van der Waals surface area contributed by atoms with Gasteiger partial charge in [-0.05, 0) is 54.1 Å². The molecule has 0 fully saturated rings. The Labute approximate surface area is 220 Å². The van der Waals surface area contributed by atoms with Crippen LogP contribution in [0.3, 0.4) is 0 Å². The minimum Gasteiger partial charge on any atom is -0.496 e. The van der Waals surface area contributed by atoms with Crippen molar-refractivity contribution in [2.45, 2.75) is 19.9 Å². The molecule has 9 nitrogen and oxygen atoms in total. The monoisotopic (exact) mass is 606 g/mol. The lowest BCUT2D eigenvalue weighted by molar-refractivity contribution is -0.109. The number of carbonyl (C=O) groups excluding carboxylic acids is 1. The molecule has 0 aliphatic rings. The van der Waals surface area contributed by atoms with Gasteiger partial charge in [0.2, 0.25) is 11.8 Å². The van der Waals surface area contributed by atoms with Crippen molar-refractivity contribution in [2.24, 2.45) is 0 Å². The molecule has 0 spiro atoms. The summed E-state index contributed by atoms with van der Waals surface area (Å²) >= 11 is 8.65. The van der Waals surface area contributed by atoms with Crippen molar-refractivity contribution < 1.29 is 9.53 Å². The second kappa shape index (κ2) is 11.5. The van der Waals surface area contributed by atoms with Crippen LogP contribution < -0.4 is 21.2 Å². The van der Waals surface area contributed by atoms with Crippen LogP contribution in [0.15, 0.2) is 47.9 Å². The van der Waals surface area contributed by atoms with Crippen LogP contribution in [-0.4, -0.2) is 40.1 Å². The largest absolute Gasteiger partial charge is 0.496 e. The van der Waals surface area contributed by atoms with Gasteiger partial charge in [-0.2, -0.15) is 0 Å². The zero-order valence-electron chi connectivity index (χ0n) is 19.5. The van der Waals surface area contributed by atoms with Crippen molar-refractivity contribution in [3.05, 3.63) is 73.1 Å². The highest BCUT2D eigenvalue weighted by Gasteiger charge is 2.24. The number of nitrogens with zero attached hydrogens (tertiary/aromatic N) is 4. The van der Waals surface area contributed by atoms with Crippen molar-refractivity contribution in [3.8, 4) is 16.9 Å². The molecular formula is C24H24ClIN6O3. The minimum atomic E-state index is -0.269. The van der Waals surface area contributed by atoms with Crippen LogP contribution in [0.2, 0.25) is 5.02 Å². The standard InChI is InChI=1S/C22H19ClIN5O2.C2H5NO/c1-11-15(23)7-14(20(31-3)17(11)13-5-4-6-26-8-13)12(2)29-9-16(24)19(30)18-21(25)27-10-28-22(18)29;1-3-2-4/h4-10,12H,1-3H3,(H2,25,27,28);2H,1H3,(H,3,4). The molecule has 1 unspecified atom stereocenters. The van der Waals surface area contributed by atoms with Crippen LogP contribution in [0.5, 0.6) is 5.75 Å². The summed E-state index contributed by atoms with van der Waals surface area (Å²) in [6.45, 7) is 3.95. The normalized spacial score (nSPS) is 11.4. The molecule has 182 valence electrons. The van der Waals surface area contributed by atoms with Crippen molar-refractivity contribution in [1.82, 2.24) is 24.8 Å². The summed E-state index contributed by atoms with van der Waals surface area (Å²) in [6, 6.07) is 5.46. The Morgan fingerprint density at radius 2 is 2.06 bits per heavy atom. The molecule has 35 heavy (non-hydrogen) atoms. The maximum absolute atomic E-state index is 12.7. The van der Waals surface area contributed by atoms with E-state index in [-0.39, 0.29) is 17.3 Å². The van der Waals surface area contributed by atoms with Crippen LogP contribution in [0.4, 0.5) is 5.82 Å². The molecule has 4 aromatic rings. The molecule has 4 rings (SSSR count). The molecule has 0 bridgehead atoms. The average Bonchev–Trinajstić information content (AvgIpc) is 2.87. The predicted octanol–water partition coefficient (Wildman–Crippen LogP) is 3.98. The van der Waals surface area contributed by atoms with E-state index in [9.17, 15) is 4.79 Å². The number of carbonyl (C=O) groups is 1. The Hall–Kier alpha value is -3.25. The number of nitrogens with one attached hydrogen (secondary N) is 1. The number of hydrogen-bond acceptors (Lipinski definition) is 7. The van der Waals surface area contributed by atoms with E-state index >= 15 is 0 Å². The van der Waals surface area contributed by atoms with Gasteiger partial charge in [0.15, 0.2) is 0 Å². The maximum Gasteiger partial charge on any atom is 0.208 e. The predicted molar refractivity (Wildman–Crippen MR) is 146 cm³/mol. The summed E-state index contributed by atoms with van der Waals surface area (Å²) in [5.41, 5.74) is 9.79. The second-order valence-electron chi connectivity index (χ2n) is 7.48. The molecule has 3 N–H and O–H groups in total. The van der Waals surface area contributed by atoms with Gasteiger partial charge in [-0.3, -0.25) is 14.6 Å². The molecule has 3 aromatic heterocycles. The Morgan fingerprint density at radius 3 is 2.66 bits per heavy atom. The van der Waals surface area contributed by atoms with E-state index in [4.69, 9.17) is 26.9 Å². The van der Waals surface area contributed by atoms with E-state index in [1.54, 1.807) is 32.7 Å². The van der Waals surface area contributed by atoms with Crippen molar-refractivity contribution in [1.29, 1.82) is 0 Å². The number of amides is 1. The first kappa shape index (κ1) is 26.4. The zero-order valence-corrected chi connectivity index (χ0v) is 22.5. The van der Waals surface area contributed by atoms with E-state index in [0.717, 1.165) is 22.3 Å². The number of benzene rings is 1. The fourth-order valence-corrected chi connectivity index (χ4v) is 4.52. The molecule has 0 aliphatic carbocycles. The first-order valence-corrected chi connectivity index (χ1v) is 11.9. The van der Waals surface area contributed by atoms with Gasteiger partial charge in [-0.15, -0.1) is 0 Å². The number of anilines is 1. The van der Waals surface area contributed by atoms with E-state index in [1.807, 2.05) is 59.2 Å². The van der Waals surface area contributed by atoms with Crippen LogP contribution in [-0.2, 0) is 4.79 Å². The summed E-state index contributed by atoms with van der Waals surface area (Å²) in [4.78, 5) is 34.3. The van der Waals surface area contributed by atoms with Gasteiger partial charge in [-0.1, -0.05) is 17.7 Å². The second-order valence-corrected chi connectivity index (χ2v) is 9.05. The summed E-state index contributed by atoms with van der Waals surface area (Å²) in [5.74, 6) is 0.839. The Kier molecular flexibility index (Phi) is 8.62. The summed E-state index contributed by atoms with van der Waals surface area (Å²) in [7, 11) is 3.19. The number of fused-ring (bicyclic) bond motifs is 1. The lowest BCUT2D eigenvalue weighted by Crippen LogP contribution is -2.19. The summed E-state index contributed by atoms with van der Waals surface area (Å²) in [5, 5.41) is 3.15. The number of methoxy groups -OCH3 is 1. The number of aromatic nitrogens is 4. The van der Waals surface area contributed by atoms with E-state index in [0.29, 0.717) is 31.8 Å². The first-order chi connectivity index (χ1) is 16.8. The Bertz CT molecular complexity index is 1430. The molecule has 0 saturated carbocycles. The molecule has 11 heteroatoms. The third-order valence-corrected chi connectivity index (χ3v) is 6.60. The van der Waals surface area contributed by atoms with E-state index in [1.165, 1.54) is 6.33 Å². The molecule has 3 heterocycles. The van der Waals surface area contributed by atoms with Crippen LogP contribution in [0, 0.1) is 10.5 Å². The zero-order chi connectivity index (χ0) is 25.7. The van der Waals surface area contributed by atoms with Gasteiger partial charge in [0.1, 0.15) is 28.9 Å². The van der Waals surface area contributed by atoms with Crippen LogP contribution >= 0.6 is 34.2 Å². The molecule has 0 radical (unpaired) electrons. The van der Waals surface area contributed by atoms with Crippen molar-refractivity contribution >= 4 is 57.5 Å². The van der Waals surface area contributed by atoms with Gasteiger partial charge in [-0.25, -0.2) is 9.97 Å². The highest BCUT2D eigenvalue weighted by atomic mass is 127. The topological polar surface area (TPSA) is 125 Å². The van der Waals surface area contributed by atoms with Crippen LogP contribution in [0.25, 0.3) is 22.2 Å². The lowest BCUT2D eigenvalue weighted by Gasteiger charge is -2.24. The number of ether oxygens (including phenoxy) is 1. The third kappa shape index (κ3) is 5.22. The molecule has 1 atom stereocenters. The number of hydrogen-bond donors (Lipinski definition) is 2. The number of pyridine rings is 2. The Morgan fingerprint density at radius 1 is 1.34 bits per heavy atom. The third-order valence-electron chi connectivity index (χ3n) is 5.44. The molecule has 1 aromatic carbocycles.